The van der Waals surface area contributed by atoms with Crippen LogP contribution in [0.2, 0.25) is 0 Å². The van der Waals surface area contributed by atoms with Gasteiger partial charge in [0.05, 0.1) is 0 Å². The smallest absolute Gasteiger partial charge is 0.336 e. The molecule has 0 amide bonds. The van der Waals surface area contributed by atoms with E-state index >= 15 is 0 Å². The molecule has 0 saturated heterocycles. The van der Waals surface area contributed by atoms with Gasteiger partial charge in [0.25, 0.3) is 0 Å². The fourth-order valence-corrected chi connectivity index (χ4v) is 2.54. The summed E-state index contributed by atoms with van der Waals surface area (Å²) in [4.78, 5) is 24.1. The summed E-state index contributed by atoms with van der Waals surface area (Å²) in [6, 6.07) is 7.06. The van der Waals surface area contributed by atoms with Gasteiger partial charge in [0, 0.05) is 28.9 Å². The van der Waals surface area contributed by atoms with E-state index in [9.17, 15) is 9.59 Å². The number of rotatable bonds is 6. The highest BCUT2D eigenvalue weighted by Gasteiger charge is 2.09. The van der Waals surface area contributed by atoms with Crippen molar-refractivity contribution in [3.63, 3.8) is 0 Å². The third-order valence-electron chi connectivity index (χ3n) is 3.16. The average molecular weight is 354 g/mol. The first-order valence-corrected chi connectivity index (χ1v) is 7.37. The number of aliphatic carboxylic acids is 1. The van der Waals surface area contributed by atoms with Crippen molar-refractivity contribution in [3.05, 3.63) is 44.7 Å². The highest BCUT2D eigenvalue weighted by atomic mass is 79.9. The Balaban J connectivity index is 2.17. The Morgan fingerprint density at radius 3 is 2.86 bits per heavy atom. The first kappa shape index (κ1) is 15.7. The van der Waals surface area contributed by atoms with Crippen LogP contribution in [0.25, 0.3) is 11.0 Å². The van der Waals surface area contributed by atoms with Gasteiger partial charge in [0.1, 0.15) is 5.58 Å². The number of hydrogen-bond acceptors (Lipinski definition) is 4. The van der Waals surface area contributed by atoms with Crippen molar-refractivity contribution in [3.8, 4) is 0 Å². The maximum absolute atomic E-state index is 11.6. The normalized spacial score (nSPS) is 11.2. The van der Waals surface area contributed by atoms with Crippen molar-refractivity contribution in [1.82, 2.24) is 4.90 Å². The van der Waals surface area contributed by atoms with Gasteiger partial charge in [-0.25, -0.2) is 4.79 Å². The zero-order chi connectivity index (χ0) is 15.4. The van der Waals surface area contributed by atoms with Gasteiger partial charge in [-0.15, -0.1) is 0 Å². The Morgan fingerprint density at radius 2 is 2.14 bits per heavy atom. The van der Waals surface area contributed by atoms with E-state index in [2.05, 4.69) is 15.9 Å². The number of nitrogens with zero attached hydrogens (tertiary/aromatic N) is 1. The summed E-state index contributed by atoms with van der Waals surface area (Å²) in [5.41, 5.74) is 1.05. The molecule has 0 spiro atoms. The molecule has 2 rings (SSSR count). The predicted octanol–water partition coefficient (Wildman–Crippen LogP) is 2.85. The maximum Gasteiger partial charge on any atom is 0.336 e. The van der Waals surface area contributed by atoms with Crippen LogP contribution in [0.5, 0.6) is 0 Å². The van der Waals surface area contributed by atoms with E-state index in [1.165, 1.54) is 6.07 Å². The lowest BCUT2D eigenvalue weighted by Gasteiger charge is -2.17. The number of benzene rings is 1. The molecule has 0 aliphatic heterocycles. The van der Waals surface area contributed by atoms with Crippen molar-refractivity contribution in [2.24, 2.45) is 0 Å². The van der Waals surface area contributed by atoms with Crippen LogP contribution in [0.1, 0.15) is 18.4 Å². The van der Waals surface area contributed by atoms with Crippen LogP contribution in [-0.2, 0) is 11.3 Å². The Bertz CT molecular complexity index is 710. The van der Waals surface area contributed by atoms with E-state index in [4.69, 9.17) is 9.52 Å². The van der Waals surface area contributed by atoms with Crippen LogP contribution in [-0.4, -0.2) is 29.6 Å². The third kappa shape index (κ3) is 4.41. The van der Waals surface area contributed by atoms with E-state index < -0.39 is 5.97 Å². The first-order chi connectivity index (χ1) is 9.95. The van der Waals surface area contributed by atoms with Crippen molar-refractivity contribution in [2.45, 2.75) is 19.4 Å². The molecule has 1 aromatic heterocycles. The molecule has 0 aliphatic carbocycles. The summed E-state index contributed by atoms with van der Waals surface area (Å²) in [6.07, 6.45) is 0.728. The second-order valence-electron chi connectivity index (χ2n) is 4.97. The molecule has 21 heavy (non-hydrogen) atoms. The van der Waals surface area contributed by atoms with E-state index in [1.807, 2.05) is 24.1 Å². The van der Waals surface area contributed by atoms with Crippen molar-refractivity contribution in [2.75, 3.05) is 13.6 Å². The largest absolute Gasteiger partial charge is 0.481 e. The second kappa shape index (κ2) is 6.87. The molecular formula is C15H16BrNO4. The monoisotopic (exact) mass is 353 g/mol. The van der Waals surface area contributed by atoms with Gasteiger partial charge in [-0.3, -0.25) is 4.79 Å². The molecule has 6 heteroatoms. The zero-order valence-electron chi connectivity index (χ0n) is 11.6. The molecule has 0 atom stereocenters. The molecular weight excluding hydrogens is 338 g/mol. The van der Waals surface area contributed by atoms with E-state index in [0.717, 1.165) is 15.4 Å². The molecule has 1 heterocycles. The summed E-state index contributed by atoms with van der Waals surface area (Å²) in [7, 11) is 1.90. The van der Waals surface area contributed by atoms with Crippen LogP contribution < -0.4 is 5.63 Å². The van der Waals surface area contributed by atoms with Gasteiger partial charge < -0.3 is 14.4 Å². The molecule has 0 radical (unpaired) electrons. The van der Waals surface area contributed by atoms with Crippen LogP contribution in [0.3, 0.4) is 0 Å². The maximum atomic E-state index is 11.6. The minimum atomic E-state index is -0.793. The van der Waals surface area contributed by atoms with Crippen LogP contribution in [0.4, 0.5) is 0 Å². The molecule has 1 N–H and O–H groups in total. The van der Waals surface area contributed by atoms with E-state index in [-0.39, 0.29) is 12.0 Å². The Hall–Kier alpha value is -1.66. The minimum Gasteiger partial charge on any atom is -0.481 e. The number of halogens is 1. The van der Waals surface area contributed by atoms with E-state index in [1.54, 1.807) is 6.07 Å². The molecule has 0 fully saturated rings. The lowest BCUT2D eigenvalue weighted by Crippen LogP contribution is -2.20. The van der Waals surface area contributed by atoms with Gasteiger partial charge in [-0.1, -0.05) is 15.9 Å². The predicted molar refractivity (Wildman–Crippen MR) is 83.4 cm³/mol. The molecule has 0 unspecified atom stereocenters. The molecule has 112 valence electrons. The van der Waals surface area contributed by atoms with Gasteiger partial charge in [-0.2, -0.15) is 0 Å². The number of carboxylic acid groups (broad SMARTS) is 1. The summed E-state index contributed by atoms with van der Waals surface area (Å²) < 4.78 is 6.05. The quantitative estimate of drug-likeness (QED) is 0.808. The summed E-state index contributed by atoms with van der Waals surface area (Å²) in [6.45, 7) is 1.23. The second-order valence-corrected chi connectivity index (χ2v) is 5.88. The average Bonchev–Trinajstić information content (AvgIpc) is 2.37. The molecule has 0 aliphatic rings. The fourth-order valence-electron chi connectivity index (χ4n) is 2.20. The van der Waals surface area contributed by atoms with Gasteiger partial charge in [0.15, 0.2) is 0 Å². The molecule has 2 aromatic rings. The number of fused-ring (bicyclic) bond motifs is 1. The van der Waals surface area contributed by atoms with Gasteiger partial charge in [-0.05, 0) is 43.8 Å². The Morgan fingerprint density at radius 1 is 1.38 bits per heavy atom. The first-order valence-electron chi connectivity index (χ1n) is 6.58. The van der Waals surface area contributed by atoms with Crippen LogP contribution >= 0.6 is 15.9 Å². The Kier molecular flexibility index (Phi) is 5.14. The fraction of sp³-hybridized carbons (Fsp3) is 0.333. The molecule has 0 saturated carbocycles. The van der Waals surface area contributed by atoms with Crippen LogP contribution in [0, 0.1) is 0 Å². The lowest BCUT2D eigenvalue weighted by molar-refractivity contribution is -0.137. The molecule has 1 aromatic carbocycles. The topological polar surface area (TPSA) is 70.8 Å². The zero-order valence-corrected chi connectivity index (χ0v) is 13.2. The number of hydrogen-bond donors (Lipinski definition) is 1. The van der Waals surface area contributed by atoms with Crippen LogP contribution in [0.15, 0.2) is 37.9 Å². The van der Waals surface area contributed by atoms with Crippen molar-refractivity contribution >= 4 is 32.9 Å². The van der Waals surface area contributed by atoms with E-state index in [0.29, 0.717) is 25.1 Å². The summed E-state index contributed by atoms with van der Waals surface area (Å²) in [5.74, 6) is -0.793. The van der Waals surface area contributed by atoms with Gasteiger partial charge in [0.2, 0.25) is 0 Å². The number of carboxylic acids is 1. The van der Waals surface area contributed by atoms with Crippen molar-refractivity contribution < 1.29 is 14.3 Å². The Labute approximate surface area is 130 Å². The SMILES string of the molecule is CN(CCCC(=O)O)Cc1cc(=O)oc2cc(Br)ccc12. The standard InChI is InChI=1S/C15H16BrNO4/c1-17(6-2-3-14(18)19)9-10-7-15(20)21-13-8-11(16)4-5-12(10)13/h4-5,7-8H,2-3,6,9H2,1H3,(H,18,19). The molecule has 5 nitrogen and oxygen atoms in total. The van der Waals surface area contributed by atoms with Gasteiger partial charge >= 0.3 is 11.6 Å². The molecule has 0 bridgehead atoms. The summed E-state index contributed by atoms with van der Waals surface area (Å²) >= 11 is 3.35. The third-order valence-corrected chi connectivity index (χ3v) is 3.66. The van der Waals surface area contributed by atoms with Crippen molar-refractivity contribution in [1.29, 1.82) is 0 Å². The lowest BCUT2D eigenvalue weighted by atomic mass is 10.1. The highest BCUT2D eigenvalue weighted by Crippen LogP contribution is 2.22. The number of carbonyl (C=O) groups is 1. The highest BCUT2D eigenvalue weighted by molar-refractivity contribution is 9.10. The summed E-state index contributed by atoms with van der Waals surface area (Å²) in [5, 5.41) is 9.53. The minimum absolute atomic E-state index is 0.148.